The Morgan fingerprint density at radius 1 is 1.38 bits per heavy atom. The third-order valence-corrected chi connectivity index (χ3v) is 6.85. The van der Waals surface area contributed by atoms with E-state index in [2.05, 4.69) is 0 Å². The number of carbonyl (C=O) groups is 1. The lowest BCUT2D eigenvalue weighted by Gasteiger charge is -2.23. The monoisotopic (exact) mass is 311 g/mol. The van der Waals surface area contributed by atoms with Crippen LogP contribution in [0.4, 0.5) is 0 Å². The van der Waals surface area contributed by atoms with Gasteiger partial charge in [0, 0.05) is 20.2 Å². The highest BCUT2D eigenvalue weighted by Gasteiger charge is 2.57. The zero-order chi connectivity index (χ0) is 15.3. The average molecular weight is 311 g/mol. The van der Waals surface area contributed by atoms with Crippen LogP contribution in [-0.4, -0.2) is 42.3 Å². The molecule has 1 aliphatic carbocycles. The van der Waals surface area contributed by atoms with Gasteiger partial charge in [-0.15, -0.1) is 0 Å². The summed E-state index contributed by atoms with van der Waals surface area (Å²) in [5.74, 6) is -1.02. The standard InChI is InChI=1S/C14H17NO5S/c1-20-9-14(5-6-14)21(18,19)15-7-10-3-2-4-11(13(16)17)12(10)8-15/h2-4H,5-9H2,1H3,(H,16,17). The van der Waals surface area contributed by atoms with Crippen LogP contribution >= 0.6 is 0 Å². The molecule has 1 saturated carbocycles. The minimum atomic E-state index is -3.48. The summed E-state index contributed by atoms with van der Waals surface area (Å²) >= 11 is 0. The zero-order valence-corrected chi connectivity index (χ0v) is 12.5. The first-order valence-electron chi connectivity index (χ1n) is 6.74. The molecule has 1 aromatic rings. The van der Waals surface area contributed by atoms with Crippen molar-refractivity contribution in [3.05, 3.63) is 34.9 Å². The van der Waals surface area contributed by atoms with Gasteiger partial charge in [0.05, 0.1) is 12.2 Å². The predicted molar refractivity (Wildman–Crippen MR) is 75.4 cm³/mol. The summed E-state index contributed by atoms with van der Waals surface area (Å²) in [6.45, 7) is 0.559. The molecule has 0 aromatic heterocycles. The van der Waals surface area contributed by atoms with E-state index in [1.807, 2.05) is 0 Å². The van der Waals surface area contributed by atoms with Crippen molar-refractivity contribution < 1.29 is 23.1 Å². The summed E-state index contributed by atoms with van der Waals surface area (Å²) in [6.07, 6.45) is 1.20. The smallest absolute Gasteiger partial charge is 0.336 e. The summed E-state index contributed by atoms with van der Waals surface area (Å²) in [4.78, 5) is 11.2. The Kier molecular flexibility index (Phi) is 3.31. The second-order valence-electron chi connectivity index (χ2n) is 5.64. The molecule has 1 aromatic carbocycles. The van der Waals surface area contributed by atoms with Crippen LogP contribution in [-0.2, 0) is 27.8 Å². The van der Waals surface area contributed by atoms with Crippen LogP contribution in [0.1, 0.15) is 34.3 Å². The fourth-order valence-corrected chi connectivity index (χ4v) is 4.96. The SMILES string of the molecule is COCC1(S(=O)(=O)N2Cc3cccc(C(=O)O)c3C2)CC1. The minimum absolute atomic E-state index is 0.131. The number of ether oxygens (including phenoxy) is 1. The van der Waals surface area contributed by atoms with Gasteiger partial charge in [-0.3, -0.25) is 0 Å². The number of carboxylic acid groups (broad SMARTS) is 1. The second kappa shape index (κ2) is 4.79. The number of fused-ring (bicyclic) bond motifs is 1. The normalized spacial score (nSPS) is 20.2. The maximum atomic E-state index is 12.8. The van der Waals surface area contributed by atoms with Gasteiger partial charge in [-0.2, -0.15) is 4.31 Å². The van der Waals surface area contributed by atoms with E-state index in [0.29, 0.717) is 18.4 Å². The number of methoxy groups -OCH3 is 1. The van der Waals surface area contributed by atoms with Crippen molar-refractivity contribution >= 4 is 16.0 Å². The van der Waals surface area contributed by atoms with Crippen molar-refractivity contribution in [3.63, 3.8) is 0 Å². The number of sulfonamides is 1. The molecule has 1 fully saturated rings. The van der Waals surface area contributed by atoms with Gasteiger partial charge in [0.25, 0.3) is 0 Å². The average Bonchev–Trinajstić information content (AvgIpc) is 3.09. The molecule has 0 bridgehead atoms. The lowest BCUT2D eigenvalue weighted by Crippen LogP contribution is -2.39. The molecule has 21 heavy (non-hydrogen) atoms. The molecule has 6 nitrogen and oxygen atoms in total. The van der Waals surface area contributed by atoms with E-state index in [9.17, 15) is 18.3 Å². The molecule has 2 aliphatic rings. The van der Waals surface area contributed by atoms with Crippen molar-refractivity contribution in [2.45, 2.75) is 30.7 Å². The van der Waals surface area contributed by atoms with Crippen LogP contribution < -0.4 is 0 Å². The molecule has 0 radical (unpaired) electrons. The van der Waals surface area contributed by atoms with Crippen molar-refractivity contribution in [2.24, 2.45) is 0 Å². The number of nitrogens with zero attached hydrogens (tertiary/aromatic N) is 1. The maximum Gasteiger partial charge on any atom is 0.336 e. The fourth-order valence-electron chi connectivity index (χ4n) is 2.92. The summed E-state index contributed by atoms with van der Waals surface area (Å²) < 4.78 is 31.1. The van der Waals surface area contributed by atoms with Crippen molar-refractivity contribution in [1.29, 1.82) is 0 Å². The Morgan fingerprint density at radius 2 is 2.10 bits per heavy atom. The van der Waals surface area contributed by atoms with Crippen molar-refractivity contribution in [3.8, 4) is 0 Å². The predicted octanol–water partition coefficient (Wildman–Crippen LogP) is 1.21. The molecular formula is C14H17NO5S. The largest absolute Gasteiger partial charge is 0.478 e. The van der Waals surface area contributed by atoms with Gasteiger partial charge >= 0.3 is 5.97 Å². The van der Waals surface area contributed by atoms with Crippen LogP contribution in [0, 0.1) is 0 Å². The van der Waals surface area contributed by atoms with E-state index in [-0.39, 0.29) is 25.3 Å². The van der Waals surface area contributed by atoms with Crippen LogP contribution in [0.2, 0.25) is 0 Å². The first-order valence-corrected chi connectivity index (χ1v) is 8.18. The summed E-state index contributed by atoms with van der Waals surface area (Å²) in [6, 6.07) is 4.95. The summed E-state index contributed by atoms with van der Waals surface area (Å²) in [5.41, 5.74) is 1.55. The molecule has 1 aliphatic heterocycles. The number of hydrogen-bond acceptors (Lipinski definition) is 4. The third kappa shape index (κ3) is 2.16. The van der Waals surface area contributed by atoms with E-state index in [4.69, 9.17) is 4.74 Å². The molecule has 0 atom stereocenters. The Balaban J connectivity index is 1.92. The van der Waals surface area contributed by atoms with Gasteiger partial charge in [-0.25, -0.2) is 13.2 Å². The molecule has 0 saturated heterocycles. The molecule has 1 heterocycles. The number of rotatable bonds is 5. The van der Waals surface area contributed by atoms with E-state index in [1.54, 1.807) is 12.1 Å². The van der Waals surface area contributed by atoms with Crippen molar-refractivity contribution in [2.75, 3.05) is 13.7 Å². The van der Waals surface area contributed by atoms with Gasteiger partial charge in [0.2, 0.25) is 10.0 Å². The van der Waals surface area contributed by atoms with Gasteiger partial charge < -0.3 is 9.84 Å². The number of carboxylic acids is 1. The van der Waals surface area contributed by atoms with Gasteiger partial charge in [0.1, 0.15) is 4.75 Å². The van der Waals surface area contributed by atoms with E-state index in [0.717, 1.165) is 5.56 Å². The van der Waals surface area contributed by atoms with E-state index >= 15 is 0 Å². The Labute approximate surface area is 123 Å². The number of hydrogen-bond donors (Lipinski definition) is 1. The zero-order valence-electron chi connectivity index (χ0n) is 11.7. The van der Waals surface area contributed by atoms with Gasteiger partial charge in [-0.05, 0) is 30.0 Å². The summed E-state index contributed by atoms with van der Waals surface area (Å²) in [7, 11) is -1.99. The van der Waals surface area contributed by atoms with Gasteiger partial charge in [0.15, 0.2) is 0 Å². The Morgan fingerprint density at radius 3 is 2.67 bits per heavy atom. The van der Waals surface area contributed by atoms with Crippen LogP contribution in [0.25, 0.3) is 0 Å². The molecule has 1 N–H and O–H groups in total. The van der Waals surface area contributed by atoms with Crippen LogP contribution in [0.5, 0.6) is 0 Å². The van der Waals surface area contributed by atoms with Crippen LogP contribution in [0.3, 0.4) is 0 Å². The Hall–Kier alpha value is -1.44. The molecular weight excluding hydrogens is 294 g/mol. The highest BCUT2D eigenvalue weighted by molar-refractivity contribution is 7.90. The Bertz CT molecular complexity index is 693. The maximum absolute atomic E-state index is 12.8. The molecule has 0 amide bonds. The lowest BCUT2D eigenvalue weighted by molar-refractivity contribution is 0.0695. The molecule has 114 valence electrons. The van der Waals surface area contributed by atoms with E-state index in [1.165, 1.54) is 17.5 Å². The quantitative estimate of drug-likeness (QED) is 0.883. The molecule has 7 heteroatoms. The minimum Gasteiger partial charge on any atom is -0.478 e. The number of benzene rings is 1. The van der Waals surface area contributed by atoms with Crippen molar-refractivity contribution in [1.82, 2.24) is 4.31 Å². The second-order valence-corrected chi connectivity index (χ2v) is 7.97. The lowest BCUT2D eigenvalue weighted by atomic mass is 10.0. The molecule has 0 unspecified atom stereocenters. The fraction of sp³-hybridized carbons (Fsp3) is 0.500. The number of aromatic carboxylic acids is 1. The topological polar surface area (TPSA) is 83.9 Å². The van der Waals surface area contributed by atoms with Crippen LogP contribution in [0.15, 0.2) is 18.2 Å². The first-order chi connectivity index (χ1) is 9.91. The van der Waals surface area contributed by atoms with Gasteiger partial charge in [-0.1, -0.05) is 12.1 Å². The molecule has 0 spiro atoms. The highest BCUT2D eigenvalue weighted by Crippen LogP contribution is 2.47. The highest BCUT2D eigenvalue weighted by atomic mass is 32.2. The first kappa shape index (κ1) is 14.5. The summed E-state index contributed by atoms with van der Waals surface area (Å²) in [5, 5.41) is 9.21. The molecule has 3 rings (SSSR count). The third-order valence-electron chi connectivity index (χ3n) is 4.29. The van der Waals surface area contributed by atoms with E-state index < -0.39 is 20.7 Å².